The van der Waals surface area contributed by atoms with Crippen LogP contribution in [0, 0.1) is 0 Å². The highest BCUT2D eigenvalue weighted by Gasteiger charge is 2.27. The summed E-state index contributed by atoms with van der Waals surface area (Å²) in [7, 11) is 0. The van der Waals surface area contributed by atoms with Gasteiger partial charge in [-0.3, -0.25) is 15.0 Å². The second kappa shape index (κ2) is 6.65. The molecule has 22 heavy (non-hydrogen) atoms. The van der Waals surface area contributed by atoms with Crippen molar-refractivity contribution in [2.24, 2.45) is 0 Å². The average Bonchev–Trinajstić information content (AvgIpc) is 3.10. The Kier molecular flexibility index (Phi) is 4.43. The molecule has 0 radical (unpaired) electrons. The van der Waals surface area contributed by atoms with Crippen molar-refractivity contribution < 1.29 is 4.79 Å². The highest BCUT2D eigenvalue weighted by molar-refractivity contribution is 5.93. The van der Waals surface area contributed by atoms with Gasteiger partial charge in [-0.25, -0.2) is 15.0 Å². The Morgan fingerprint density at radius 2 is 2.00 bits per heavy atom. The maximum absolute atomic E-state index is 12.3. The van der Waals surface area contributed by atoms with Crippen LogP contribution in [0.2, 0.25) is 0 Å². The molecule has 1 atom stereocenters. The molecule has 2 aromatic heterocycles. The van der Waals surface area contributed by atoms with Crippen molar-refractivity contribution in [3.05, 3.63) is 37.2 Å². The first kappa shape index (κ1) is 14.6. The number of imidazole rings is 1. The number of nitrogens with one attached hydrogen (secondary N) is 1. The Hall–Kier alpha value is -2.28. The first-order valence-electron chi connectivity index (χ1n) is 7.53. The summed E-state index contributed by atoms with van der Waals surface area (Å²) >= 11 is 0. The van der Waals surface area contributed by atoms with Gasteiger partial charge in [-0.2, -0.15) is 0 Å². The molecule has 7 nitrogen and oxygen atoms in total. The molecule has 1 aliphatic heterocycles. The van der Waals surface area contributed by atoms with Crippen LogP contribution in [-0.4, -0.2) is 49.5 Å². The van der Waals surface area contributed by atoms with E-state index in [0.717, 1.165) is 25.9 Å². The maximum atomic E-state index is 12.3. The summed E-state index contributed by atoms with van der Waals surface area (Å²) in [6.07, 6.45) is 11.0. The monoisotopic (exact) mass is 300 g/mol. The maximum Gasteiger partial charge on any atom is 0.243 e. The Morgan fingerprint density at radius 3 is 2.64 bits per heavy atom. The summed E-state index contributed by atoms with van der Waals surface area (Å²) in [4.78, 5) is 26.6. The van der Waals surface area contributed by atoms with E-state index in [1.165, 1.54) is 0 Å². The molecule has 1 N–H and O–H groups in total. The molecular weight excluding hydrogens is 280 g/mol. The van der Waals surface area contributed by atoms with Crippen molar-refractivity contribution >= 4 is 11.9 Å². The molecule has 1 amide bonds. The molecule has 3 rings (SSSR count). The van der Waals surface area contributed by atoms with E-state index in [2.05, 4.69) is 29.7 Å². The number of likely N-dealkylation sites (tertiary alicyclic amines) is 1. The van der Waals surface area contributed by atoms with Crippen LogP contribution in [0.5, 0.6) is 0 Å². The lowest BCUT2D eigenvalue weighted by atomic mass is 10.0. The predicted molar refractivity (Wildman–Crippen MR) is 82.2 cm³/mol. The minimum Gasteiger partial charge on any atom is -0.334 e. The SMILES string of the molecule is C[C@@H](C(=O)Nc1ncccn1)N1CCC(n2ccnc2)CC1. The number of amides is 1. The first-order chi connectivity index (χ1) is 10.7. The lowest BCUT2D eigenvalue weighted by Gasteiger charge is -2.35. The third-order valence-corrected chi connectivity index (χ3v) is 4.17. The molecular formula is C15H20N6O. The van der Waals surface area contributed by atoms with Crippen molar-refractivity contribution in [1.82, 2.24) is 24.4 Å². The lowest BCUT2D eigenvalue weighted by Crippen LogP contribution is -2.46. The second-order valence-corrected chi connectivity index (χ2v) is 5.51. The van der Waals surface area contributed by atoms with Gasteiger partial charge in [0, 0.05) is 43.9 Å². The van der Waals surface area contributed by atoms with Gasteiger partial charge in [-0.15, -0.1) is 0 Å². The zero-order valence-corrected chi connectivity index (χ0v) is 12.6. The van der Waals surface area contributed by atoms with E-state index in [1.807, 2.05) is 25.6 Å². The average molecular weight is 300 g/mol. The van der Waals surface area contributed by atoms with E-state index in [4.69, 9.17) is 0 Å². The van der Waals surface area contributed by atoms with E-state index in [9.17, 15) is 4.79 Å². The summed E-state index contributed by atoms with van der Waals surface area (Å²) in [5.74, 6) is 0.292. The van der Waals surface area contributed by atoms with Gasteiger partial charge in [0.15, 0.2) is 0 Å². The van der Waals surface area contributed by atoms with Crippen molar-refractivity contribution in [1.29, 1.82) is 0 Å². The number of anilines is 1. The zero-order valence-electron chi connectivity index (χ0n) is 12.6. The Labute approximate surface area is 129 Å². The number of hydrogen-bond acceptors (Lipinski definition) is 5. The third kappa shape index (κ3) is 3.30. The topological polar surface area (TPSA) is 75.9 Å². The molecule has 0 aromatic carbocycles. The van der Waals surface area contributed by atoms with Crippen molar-refractivity contribution in [3.63, 3.8) is 0 Å². The van der Waals surface area contributed by atoms with Gasteiger partial charge in [-0.1, -0.05) is 0 Å². The second-order valence-electron chi connectivity index (χ2n) is 5.51. The van der Waals surface area contributed by atoms with E-state index in [-0.39, 0.29) is 11.9 Å². The van der Waals surface area contributed by atoms with Crippen molar-refractivity contribution in [2.75, 3.05) is 18.4 Å². The third-order valence-electron chi connectivity index (χ3n) is 4.17. The standard InChI is InChI=1S/C15H20N6O/c1-12(14(22)19-15-17-5-2-6-18-15)20-8-3-13(4-9-20)21-10-7-16-11-21/h2,5-7,10-13H,3-4,8-9H2,1H3,(H,17,18,19,22)/t12-/m0/s1. The molecule has 1 aliphatic rings. The van der Waals surface area contributed by atoms with Gasteiger partial charge in [-0.05, 0) is 25.8 Å². The zero-order chi connectivity index (χ0) is 15.4. The molecule has 3 heterocycles. The molecule has 0 spiro atoms. The normalized spacial score (nSPS) is 18.0. The van der Waals surface area contributed by atoms with E-state index >= 15 is 0 Å². The van der Waals surface area contributed by atoms with Gasteiger partial charge >= 0.3 is 0 Å². The quantitative estimate of drug-likeness (QED) is 0.922. The van der Waals surface area contributed by atoms with E-state index in [1.54, 1.807) is 18.5 Å². The van der Waals surface area contributed by atoms with Crippen LogP contribution >= 0.6 is 0 Å². The molecule has 7 heteroatoms. The summed E-state index contributed by atoms with van der Waals surface area (Å²) in [5.41, 5.74) is 0. The van der Waals surface area contributed by atoms with Crippen LogP contribution < -0.4 is 5.32 Å². The highest BCUT2D eigenvalue weighted by Crippen LogP contribution is 2.23. The van der Waals surface area contributed by atoms with Gasteiger partial charge < -0.3 is 4.57 Å². The van der Waals surface area contributed by atoms with Gasteiger partial charge in [0.2, 0.25) is 11.9 Å². The van der Waals surface area contributed by atoms with Crippen LogP contribution in [0.15, 0.2) is 37.2 Å². The fourth-order valence-corrected chi connectivity index (χ4v) is 2.80. The molecule has 1 saturated heterocycles. The molecule has 0 unspecified atom stereocenters. The summed E-state index contributed by atoms with van der Waals surface area (Å²) in [6.45, 7) is 3.72. The Morgan fingerprint density at radius 1 is 1.27 bits per heavy atom. The summed E-state index contributed by atoms with van der Waals surface area (Å²) < 4.78 is 2.15. The van der Waals surface area contributed by atoms with Gasteiger partial charge in [0.05, 0.1) is 12.4 Å². The number of nitrogens with zero attached hydrogens (tertiary/aromatic N) is 5. The fourth-order valence-electron chi connectivity index (χ4n) is 2.80. The number of carbonyl (C=O) groups excluding carboxylic acids is 1. The molecule has 1 fully saturated rings. The molecule has 2 aromatic rings. The van der Waals surface area contributed by atoms with Crippen LogP contribution in [0.4, 0.5) is 5.95 Å². The smallest absolute Gasteiger partial charge is 0.243 e. The predicted octanol–water partition coefficient (Wildman–Crippen LogP) is 1.34. The Balaban J connectivity index is 1.53. The van der Waals surface area contributed by atoms with Crippen LogP contribution in [-0.2, 0) is 4.79 Å². The Bertz CT molecular complexity index is 592. The number of hydrogen-bond donors (Lipinski definition) is 1. The minimum atomic E-state index is -0.187. The minimum absolute atomic E-state index is 0.0627. The van der Waals surface area contributed by atoms with Gasteiger partial charge in [0.1, 0.15) is 0 Å². The van der Waals surface area contributed by atoms with Crippen molar-refractivity contribution in [3.8, 4) is 0 Å². The molecule has 116 valence electrons. The lowest BCUT2D eigenvalue weighted by molar-refractivity contribution is -0.121. The van der Waals surface area contributed by atoms with Crippen molar-refractivity contribution in [2.45, 2.75) is 31.8 Å². The van der Waals surface area contributed by atoms with E-state index < -0.39 is 0 Å². The fraction of sp³-hybridized carbons (Fsp3) is 0.467. The number of aromatic nitrogens is 4. The number of carbonyl (C=O) groups is 1. The number of piperidine rings is 1. The van der Waals surface area contributed by atoms with Gasteiger partial charge in [0.25, 0.3) is 0 Å². The molecule has 0 saturated carbocycles. The summed E-state index contributed by atoms with van der Waals surface area (Å²) in [5, 5.41) is 2.76. The highest BCUT2D eigenvalue weighted by atomic mass is 16.2. The van der Waals surface area contributed by atoms with E-state index in [0.29, 0.717) is 12.0 Å². The molecule has 0 bridgehead atoms. The number of rotatable bonds is 4. The van der Waals surface area contributed by atoms with Crippen LogP contribution in [0.25, 0.3) is 0 Å². The summed E-state index contributed by atoms with van der Waals surface area (Å²) in [6, 6.07) is 2.01. The largest absolute Gasteiger partial charge is 0.334 e. The molecule has 0 aliphatic carbocycles. The van der Waals surface area contributed by atoms with Crippen LogP contribution in [0.3, 0.4) is 0 Å². The van der Waals surface area contributed by atoms with Crippen LogP contribution in [0.1, 0.15) is 25.8 Å². The first-order valence-corrected chi connectivity index (χ1v) is 7.53.